The number of carbonyl (C=O) groups is 2. The maximum Gasteiger partial charge on any atom is 0.336 e. The normalized spacial score (nSPS) is 20.0. The van der Waals surface area contributed by atoms with Gasteiger partial charge in [-0.15, -0.1) is 0 Å². The smallest absolute Gasteiger partial charge is 0.336 e. The van der Waals surface area contributed by atoms with Gasteiger partial charge >= 0.3 is 5.97 Å². The lowest BCUT2D eigenvalue weighted by molar-refractivity contribution is -0.138. The first kappa shape index (κ1) is 22.1. The number of hydrogen-bond acceptors (Lipinski definition) is 4. The first-order chi connectivity index (χ1) is 15.3. The predicted molar refractivity (Wildman–Crippen MR) is 127 cm³/mol. The van der Waals surface area contributed by atoms with E-state index in [2.05, 4.69) is 43.4 Å². The van der Waals surface area contributed by atoms with Gasteiger partial charge < -0.3 is 10.1 Å². The molecule has 1 atom stereocenters. The van der Waals surface area contributed by atoms with Gasteiger partial charge in [0.15, 0.2) is 5.78 Å². The minimum atomic E-state index is -0.409. The molecule has 0 radical (unpaired) electrons. The molecule has 1 aliphatic carbocycles. The Hall–Kier alpha value is -3.14. The van der Waals surface area contributed by atoms with Crippen molar-refractivity contribution in [3.8, 4) is 11.1 Å². The second-order valence-corrected chi connectivity index (χ2v) is 9.35. The first-order valence-corrected chi connectivity index (χ1v) is 11.4. The SMILES string of the molecule is CCOC(=O)C1=C(CC)NC2=C(C(=O)CC(C)(C)C2)C1c1ccc(-c2ccccc2)cc1. The van der Waals surface area contributed by atoms with Gasteiger partial charge in [-0.05, 0) is 41.9 Å². The number of hydrogen-bond donors (Lipinski definition) is 1. The fourth-order valence-electron chi connectivity index (χ4n) is 4.91. The van der Waals surface area contributed by atoms with Crippen molar-refractivity contribution in [2.45, 2.75) is 52.9 Å². The Morgan fingerprint density at radius 1 is 1.00 bits per heavy atom. The van der Waals surface area contributed by atoms with E-state index in [1.807, 2.05) is 44.2 Å². The van der Waals surface area contributed by atoms with Gasteiger partial charge in [-0.2, -0.15) is 0 Å². The maximum atomic E-state index is 13.4. The second-order valence-electron chi connectivity index (χ2n) is 9.35. The molecule has 0 spiro atoms. The Balaban J connectivity index is 1.84. The molecule has 166 valence electrons. The summed E-state index contributed by atoms with van der Waals surface area (Å²) in [6, 6.07) is 18.4. The van der Waals surface area contributed by atoms with E-state index in [9.17, 15) is 9.59 Å². The quantitative estimate of drug-likeness (QED) is 0.600. The molecule has 2 aromatic rings. The molecule has 4 nitrogen and oxygen atoms in total. The molecule has 4 rings (SSSR count). The summed E-state index contributed by atoms with van der Waals surface area (Å²) in [4.78, 5) is 26.5. The third-order valence-electron chi connectivity index (χ3n) is 6.32. The number of ketones is 1. The largest absolute Gasteiger partial charge is 0.463 e. The molecule has 0 bridgehead atoms. The van der Waals surface area contributed by atoms with Crippen molar-refractivity contribution in [1.29, 1.82) is 0 Å². The number of esters is 1. The Kier molecular flexibility index (Phi) is 6.05. The van der Waals surface area contributed by atoms with Crippen LogP contribution in [-0.4, -0.2) is 18.4 Å². The fourth-order valence-corrected chi connectivity index (χ4v) is 4.91. The number of allylic oxidation sites excluding steroid dienone is 3. The molecule has 4 heteroatoms. The highest BCUT2D eigenvalue weighted by atomic mass is 16.5. The second kappa shape index (κ2) is 8.78. The number of rotatable bonds is 5. The van der Waals surface area contributed by atoms with Crippen LogP contribution in [0.25, 0.3) is 11.1 Å². The molecule has 0 saturated heterocycles. The zero-order valence-electron chi connectivity index (χ0n) is 19.3. The predicted octanol–water partition coefficient (Wildman–Crippen LogP) is 5.91. The van der Waals surface area contributed by atoms with Gasteiger partial charge in [0.05, 0.1) is 12.2 Å². The lowest BCUT2D eigenvalue weighted by Gasteiger charge is -2.40. The minimum absolute atomic E-state index is 0.106. The Morgan fingerprint density at radius 2 is 1.66 bits per heavy atom. The zero-order chi connectivity index (χ0) is 22.9. The molecular formula is C28H31NO3. The monoisotopic (exact) mass is 429 g/mol. The Bertz CT molecular complexity index is 1090. The molecule has 2 aliphatic rings. The van der Waals surface area contributed by atoms with Gasteiger partial charge in [-0.3, -0.25) is 4.79 Å². The molecular weight excluding hydrogens is 398 g/mol. The van der Waals surface area contributed by atoms with E-state index >= 15 is 0 Å². The van der Waals surface area contributed by atoms with E-state index in [0.717, 1.165) is 40.1 Å². The zero-order valence-corrected chi connectivity index (χ0v) is 19.3. The number of ether oxygens (including phenoxy) is 1. The molecule has 0 saturated carbocycles. The molecule has 0 fully saturated rings. The van der Waals surface area contributed by atoms with Crippen LogP contribution < -0.4 is 5.32 Å². The van der Waals surface area contributed by atoms with E-state index in [-0.39, 0.29) is 17.2 Å². The van der Waals surface area contributed by atoms with Crippen LogP contribution >= 0.6 is 0 Å². The minimum Gasteiger partial charge on any atom is -0.463 e. The van der Waals surface area contributed by atoms with Crippen LogP contribution in [0, 0.1) is 5.41 Å². The van der Waals surface area contributed by atoms with Gasteiger partial charge in [-0.25, -0.2) is 4.79 Å². The molecule has 1 aliphatic heterocycles. The van der Waals surface area contributed by atoms with Crippen LogP contribution in [0.1, 0.15) is 58.4 Å². The number of dihydropyridines is 1. The topological polar surface area (TPSA) is 55.4 Å². The third kappa shape index (κ3) is 4.14. The summed E-state index contributed by atoms with van der Waals surface area (Å²) in [5.74, 6) is -0.648. The standard InChI is InChI=1S/C28H31NO3/c1-5-21-26(27(31)32-6-2)24(25-22(29-21)16-28(3,4)17-23(25)30)20-14-12-19(13-15-20)18-10-8-7-9-11-18/h7-15,24,29H,5-6,16-17H2,1-4H3. The third-order valence-corrected chi connectivity index (χ3v) is 6.32. The lowest BCUT2D eigenvalue weighted by Crippen LogP contribution is -2.39. The average molecular weight is 430 g/mol. The van der Waals surface area contributed by atoms with Crippen LogP contribution in [0.4, 0.5) is 0 Å². The molecule has 1 N–H and O–H groups in total. The molecule has 0 amide bonds. The Morgan fingerprint density at radius 3 is 2.28 bits per heavy atom. The molecule has 32 heavy (non-hydrogen) atoms. The summed E-state index contributed by atoms with van der Waals surface area (Å²) >= 11 is 0. The van der Waals surface area contributed by atoms with Crippen LogP contribution in [0.15, 0.2) is 77.1 Å². The van der Waals surface area contributed by atoms with E-state index in [4.69, 9.17) is 4.74 Å². The highest BCUT2D eigenvalue weighted by Gasteiger charge is 2.43. The van der Waals surface area contributed by atoms with Crippen LogP contribution in [0.3, 0.4) is 0 Å². The van der Waals surface area contributed by atoms with E-state index < -0.39 is 5.92 Å². The van der Waals surface area contributed by atoms with E-state index in [0.29, 0.717) is 25.0 Å². The molecule has 1 unspecified atom stereocenters. The number of benzene rings is 2. The van der Waals surface area contributed by atoms with Crippen LogP contribution in [-0.2, 0) is 14.3 Å². The van der Waals surface area contributed by atoms with Crippen molar-refractivity contribution in [3.63, 3.8) is 0 Å². The summed E-state index contributed by atoms with van der Waals surface area (Å²) in [5, 5.41) is 3.46. The maximum absolute atomic E-state index is 13.4. The summed E-state index contributed by atoms with van der Waals surface area (Å²) in [6.07, 6.45) is 1.92. The number of nitrogens with one attached hydrogen (secondary N) is 1. The van der Waals surface area contributed by atoms with Gasteiger partial charge in [0.25, 0.3) is 0 Å². The van der Waals surface area contributed by atoms with Gasteiger partial charge in [0.2, 0.25) is 0 Å². The van der Waals surface area contributed by atoms with Crippen molar-refractivity contribution < 1.29 is 14.3 Å². The molecule has 1 heterocycles. The van der Waals surface area contributed by atoms with Crippen LogP contribution in [0.2, 0.25) is 0 Å². The lowest BCUT2D eigenvalue weighted by atomic mass is 9.68. The highest BCUT2D eigenvalue weighted by molar-refractivity contribution is 6.04. The van der Waals surface area contributed by atoms with Gasteiger partial charge in [-0.1, -0.05) is 75.4 Å². The van der Waals surface area contributed by atoms with E-state index in [1.54, 1.807) is 0 Å². The van der Waals surface area contributed by atoms with Crippen molar-refractivity contribution in [2.24, 2.45) is 5.41 Å². The van der Waals surface area contributed by atoms with Crippen LogP contribution in [0.5, 0.6) is 0 Å². The van der Waals surface area contributed by atoms with Gasteiger partial charge in [0.1, 0.15) is 0 Å². The van der Waals surface area contributed by atoms with Crippen molar-refractivity contribution in [2.75, 3.05) is 6.61 Å². The molecule has 0 aromatic heterocycles. The first-order valence-electron chi connectivity index (χ1n) is 11.4. The van der Waals surface area contributed by atoms with E-state index in [1.165, 1.54) is 0 Å². The summed E-state index contributed by atoms with van der Waals surface area (Å²) in [5.41, 5.74) is 6.16. The van der Waals surface area contributed by atoms with Crippen molar-refractivity contribution >= 4 is 11.8 Å². The summed E-state index contributed by atoms with van der Waals surface area (Å²) in [6.45, 7) is 8.37. The highest BCUT2D eigenvalue weighted by Crippen LogP contribution is 2.47. The average Bonchev–Trinajstić information content (AvgIpc) is 2.77. The van der Waals surface area contributed by atoms with Crippen molar-refractivity contribution in [3.05, 3.63) is 82.7 Å². The summed E-state index contributed by atoms with van der Waals surface area (Å²) in [7, 11) is 0. The number of carbonyl (C=O) groups excluding carboxylic acids is 2. The summed E-state index contributed by atoms with van der Waals surface area (Å²) < 4.78 is 5.44. The Labute approximate surface area is 190 Å². The fraction of sp³-hybridized carbons (Fsp3) is 0.357. The molecule has 2 aromatic carbocycles. The van der Waals surface area contributed by atoms with Gasteiger partial charge in [0, 0.05) is 29.3 Å². The van der Waals surface area contributed by atoms with Crippen molar-refractivity contribution in [1.82, 2.24) is 5.32 Å². The number of Topliss-reactive ketones (excluding diaryl/α,β-unsaturated/α-hetero) is 1.